The van der Waals surface area contributed by atoms with Crippen LogP contribution in [-0.2, 0) is 0 Å². The second-order valence-electron chi connectivity index (χ2n) is 6.63. The van der Waals surface area contributed by atoms with Crippen LogP contribution in [0.3, 0.4) is 0 Å². The Morgan fingerprint density at radius 1 is 0.957 bits per heavy atom. The summed E-state index contributed by atoms with van der Waals surface area (Å²) in [5, 5.41) is 0. The molecule has 23 heavy (non-hydrogen) atoms. The normalized spacial score (nSPS) is 21.4. The van der Waals surface area contributed by atoms with Gasteiger partial charge in [-0.15, -0.1) is 0 Å². The zero-order valence-electron chi connectivity index (χ0n) is 13.4. The molecule has 0 aromatic heterocycles. The first-order valence-corrected chi connectivity index (χ1v) is 8.99. The van der Waals surface area contributed by atoms with Gasteiger partial charge in [-0.2, -0.15) is 0 Å². The molecule has 3 rings (SSSR count). The molecule has 0 spiro atoms. The van der Waals surface area contributed by atoms with Crippen LogP contribution >= 0.6 is 0 Å². The molecule has 119 valence electrons. The van der Waals surface area contributed by atoms with Crippen molar-refractivity contribution in [2.24, 2.45) is 5.92 Å². The summed E-state index contributed by atoms with van der Waals surface area (Å²) in [6.45, 7) is 1.71. The predicted molar refractivity (Wildman–Crippen MR) is 91.8 cm³/mol. The molecule has 1 aliphatic carbocycles. The van der Waals surface area contributed by atoms with E-state index in [0.29, 0.717) is 22.6 Å². The summed E-state index contributed by atoms with van der Waals surface area (Å²) in [4.78, 5) is 0. The van der Waals surface area contributed by atoms with Gasteiger partial charge in [-0.1, -0.05) is 43.2 Å². The van der Waals surface area contributed by atoms with Gasteiger partial charge in [-0.05, 0) is 60.4 Å². The zero-order valence-corrected chi connectivity index (χ0v) is 14.4. The van der Waals surface area contributed by atoms with Gasteiger partial charge in [-0.3, -0.25) is 0 Å². The molecule has 0 bridgehead atoms. The number of hydrogen-bond donors (Lipinski definition) is 0. The molecule has 2 aromatic carbocycles. The average Bonchev–Trinajstić information content (AvgIpc) is 2.57. The van der Waals surface area contributed by atoms with E-state index in [0.717, 1.165) is 30.4 Å². The summed E-state index contributed by atoms with van der Waals surface area (Å²) in [5.41, 5.74) is 2.72. The Balaban J connectivity index is 1.82. The van der Waals surface area contributed by atoms with E-state index in [1.54, 1.807) is 31.2 Å². The Morgan fingerprint density at radius 2 is 1.70 bits per heavy atom. The fourth-order valence-corrected chi connectivity index (χ4v) is 3.89. The van der Waals surface area contributed by atoms with Gasteiger partial charge in [0.05, 0.1) is 0 Å². The Morgan fingerprint density at radius 3 is 2.30 bits per heavy atom. The smallest absolute Gasteiger partial charge is 0.131 e. The van der Waals surface area contributed by atoms with Crippen molar-refractivity contribution in [3.05, 3.63) is 59.2 Å². The van der Waals surface area contributed by atoms with Crippen LogP contribution in [0.2, 0.25) is 6.04 Å². The zero-order chi connectivity index (χ0) is 16.4. The highest BCUT2D eigenvalue weighted by molar-refractivity contribution is 6.08. The SMILES string of the molecule is Cc1ccc(-c2ccc(C3CCC(C[Si])CC3)cc2F)cc1F. The molecular formula is C20H21F2Si. The summed E-state index contributed by atoms with van der Waals surface area (Å²) in [6, 6.07) is 11.4. The second kappa shape index (κ2) is 6.96. The fraction of sp³-hybridized carbons (Fsp3) is 0.400. The molecule has 1 fully saturated rings. The third-order valence-corrected chi connectivity index (χ3v) is 5.66. The second-order valence-corrected chi connectivity index (χ2v) is 7.03. The summed E-state index contributed by atoms with van der Waals surface area (Å²) in [7, 11) is 3.60. The molecule has 1 aliphatic rings. The van der Waals surface area contributed by atoms with Crippen LogP contribution in [-0.4, -0.2) is 10.2 Å². The van der Waals surface area contributed by atoms with E-state index in [9.17, 15) is 8.78 Å². The maximum Gasteiger partial charge on any atom is 0.131 e. The molecule has 0 nitrogen and oxygen atoms in total. The van der Waals surface area contributed by atoms with Crippen molar-refractivity contribution in [1.29, 1.82) is 0 Å². The van der Waals surface area contributed by atoms with Crippen LogP contribution < -0.4 is 0 Å². The molecule has 0 N–H and O–H groups in total. The van der Waals surface area contributed by atoms with E-state index in [2.05, 4.69) is 10.2 Å². The number of rotatable bonds is 3. The van der Waals surface area contributed by atoms with Gasteiger partial charge in [0, 0.05) is 15.8 Å². The standard InChI is InChI=1S/C20H21F2Si/c1-13-2-5-17(11-19(13)21)18-9-8-16(10-20(18)22)15-6-3-14(12-23)4-7-15/h2,5,8-11,14-15H,3-4,6-7,12H2,1H3. The van der Waals surface area contributed by atoms with Crippen LogP contribution in [0, 0.1) is 24.5 Å². The lowest BCUT2D eigenvalue weighted by atomic mass is 9.79. The third-order valence-electron chi connectivity index (χ3n) is 5.08. The molecular weight excluding hydrogens is 306 g/mol. The van der Waals surface area contributed by atoms with Crippen molar-refractivity contribution < 1.29 is 8.78 Å². The van der Waals surface area contributed by atoms with Crippen molar-refractivity contribution in [3.8, 4) is 11.1 Å². The molecule has 0 heterocycles. The van der Waals surface area contributed by atoms with Crippen molar-refractivity contribution in [2.45, 2.75) is 44.6 Å². The maximum absolute atomic E-state index is 14.5. The van der Waals surface area contributed by atoms with E-state index in [4.69, 9.17) is 0 Å². The first kappa shape index (κ1) is 16.4. The van der Waals surface area contributed by atoms with Crippen LogP contribution in [0.25, 0.3) is 11.1 Å². The van der Waals surface area contributed by atoms with E-state index in [1.165, 1.54) is 18.9 Å². The van der Waals surface area contributed by atoms with Crippen molar-refractivity contribution in [3.63, 3.8) is 0 Å². The largest absolute Gasteiger partial charge is 0.207 e. The van der Waals surface area contributed by atoms with Gasteiger partial charge >= 0.3 is 0 Å². The lowest BCUT2D eigenvalue weighted by Crippen LogP contribution is -2.13. The van der Waals surface area contributed by atoms with E-state index < -0.39 is 0 Å². The Bertz CT molecular complexity index is 688. The average molecular weight is 327 g/mol. The first-order valence-electron chi connectivity index (χ1n) is 8.29. The highest BCUT2D eigenvalue weighted by atomic mass is 28.1. The molecule has 0 amide bonds. The van der Waals surface area contributed by atoms with Crippen LogP contribution in [0.15, 0.2) is 36.4 Å². The van der Waals surface area contributed by atoms with Gasteiger partial charge in [0.2, 0.25) is 0 Å². The van der Waals surface area contributed by atoms with E-state index in [1.807, 2.05) is 6.07 Å². The third kappa shape index (κ3) is 3.55. The monoisotopic (exact) mass is 327 g/mol. The highest BCUT2D eigenvalue weighted by Gasteiger charge is 2.22. The molecule has 2 aromatic rings. The number of aryl methyl sites for hydroxylation is 1. The summed E-state index contributed by atoms with van der Waals surface area (Å²) in [6.07, 6.45) is 4.63. The minimum Gasteiger partial charge on any atom is -0.207 e. The van der Waals surface area contributed by atoms with Crippen molar-refractivity contribution in [2.75, 3.05) is 0 Å². The van der Waals surface area contributed by atoms with Crippen LogP contribution in [0.4, 0.5) is 8.78 Å². The minimum atomic E-state index is -0.293. The summed E-state index contributed by atoms with van der Waals surface area (Å²) >= 11 is 0. The quantitative estimate of drug-likeness (QED) is 0.625. The van der Waals surface area contributed by atoms with Gasteiger partial charge in [0.15, 0.2) is 0 Å². The van der Waals surface area contributed by atoms with E-state index in [-0.39, 0.29) is 11.6 Å². The molecule has 0 unspecified atom stereocenters. The maximum atomic E-state index is 14.5. The number of hydrogen-bond acceptors (Lipinski definition) is 0. The Hall–Kier alpha value is -1.48. The number of halogens is 2. The summed E-state index contributed by atoms with van der Waals surface area (Å²) < 4.78 is 28.2. The predicted octanol–water partition coefficient (Wildman–Crippen LogP) is 5.80. The molecule has 0 aliphatic heterocycles. The minimum absolute atomic E-state index is 0.256. The van der Waals surface area contributed by atoms with E-state index >= 15 is 0 Å². The Kier molecular flexibility index (Phi) is 4.95. The van der Waals surface area contributed by atoms with Gasteiger partial charge in [0.1, 0.15) is 11.6 Å². The Labute approximate surface area is 140 Å². The molecule has 3 radical (unpaired) electrons. The lowest BCUT2D eigenvalue weighted by molar-refractivity contribution is 0.347. The van der Waals surface area contributed by atoms with Gasteiger partial charge in [0.25, 0.3) is 0 Å². The fourth-order valence-electron chi connectivity index (χ4n) is 3.48. The molecule has 0 saturated heterocycles. The van der Waals surface area contributed by atoms with Gasteiger partial charge < -0.3 is 0 Å². The van der Waals surface area contributed by atoms with Gasteiger partial charge in [-0.25, -0.2) is 8.78 Å². The van der Waals surface area contributed by atoms with Crippen molar-refractivity contribution in [1.82, 2.24) is 0 Å². The highest BCUT2D eigenvalue weighted by Crippen LogP contribution is 2.38. The topological polar surface area (TPSA) is 0 Å². The molecule has 0 atom stereocenters. The van der Waals surface area contributed by atoms with Crippen LogP contribution in [0.5, 0.6) is 0 Å². The first-order chi connectivity index (χ1) is 11.1. The summed E-state index contributed by atoms with van der Waals surface area (Å²) in [5.74, 6) is 0.650. The number of benzene rings is 2. The van der Waals surface area contributed by atoms with Crippen LogP contribution in [0.1, 0.15) is 42.7 Å². The molecule has 3 heteroatoms. The lowest BCUT2D eigenvalue weighted by Gasteiger charge is -2.28. The van der Waals surface area contributed by atoms with Crippen molar-refractivity contribution >= 4 is 10.2 Å². The molecule has 1 saturated carbocycles.